The van der Waals surface area contributed by atoms with Crippen LogP contribution in [0.1, 0.15) is 57.9 Å². The molecule has 0 saturated heterocycles. The molecule has 0 N–H and O–H groups in total. The molecule has 0 spiro atoms. The monoisotopic (exact) mass is 377 g/mol. The molecule has 0 unspecified atom stereocenters. The van der Waals surface area contributed by atoms with Crippen LogP contribution in [-0.2, 0) is 17.6 Å². The maximum absolute atomic E-state index is 13.0. The van der Waals surface area contributed by atoms with Gasteiger partial charge in [-0.25, -0.2) is 9.97 Å². The molecule has 6 heteroatoms. The Labute approximate surface area is 158 Å². The number of hydrogen-bond acceptors (Lipinski definition) is 5. The number of carbonyl (C=O) groups is 1. The van der Waals surface area contributed by atoms with Gasteiger partial charge >= 0.3 is 0 Å². The van der Waals surface area contributed by atoms with Crippen LogP contribution in [-0.4, -0.2) is 38.1 Å². The molecule has 1 amide bonds. The van der Waals surface area contributed by atoms with E-state index in [1.807, 2.05) is 11.8 Å². The minimum atomic E-state index is -0.151. The van der Waals surface area contributed by atoms with Crippen molar-refractivity contribution in [2.45, 2.75) is 82.7 Å². The Morgan fingerprint density at radius 1 is 1.12 bits per heavy atom. The van der Waals surface area contributed by atoms with Gasteiger partial charge in [0.05, 0.1) is 5.25 Å². The number of rotatable bonds is 5. The molecule has 0 aliphatic heterocycles. The molecule has 136 valence electrons. The molecule has 3 rings (SSSR count). The van der Waals surface area contributed by atoms with Crippen LogP contribution in [0.15, 0.2) is 11.4 Å². The second-order valence-corrected chi connectivity index (χ2v) is 9.68. The lowest BCUT2D eigenvalue weighted by atomic mass is 9.97. The van der Waals surface area contributed by atoms with E-state index in [2.05, 4.69) is 37.7 Å². The molecule has 1 aliphatic rings. The van der Waals surface area contributed by atoms with Crippen molar-refractivity contribution in [1.29, 1.82) is 0 Å². The maximum Gasteiger partial charge on any atom is 0.236 e. The summed E-state index contributed by atoms with van der Waals surface area (Å²) < 4.78 is 0. The van der Waals surface area contributed by atoms with Crippen LogP contribution in [0.5, 0.6) is 0 Å². The molecule has 0 aromatic carbocycles. The van der Waals surface area contributed by atoms with Crippen molar-refractivity contribution in [2.75, 3.05) is 0 Å². The molecule has 2 aromatic heterocycles. The summed E-state index contributed by atoms with van der Waals surface area (Å²) in [5.41, 5.74) is 1.43. The lowest BCUT2D eigenvalue weighted by Crippen LogP contribution is -2.45. The highest BCUT2D eigenvalue weighted by Gasteiger charge is 2.28. The van der Waals surface area contributed by atoms with Gasteiger partial charge in [0.2, 0.25) is 5.91 Å². The number of hydrogen-bond donors (Lipinski definition) is 0. The van der Waals surface area contributed by atoms with E-state index < -0.39 is 0 Å². The summed E-state index contributed by atoms with van der Waals surface area (Å²) in [7, 11) is 0. The summed E-state index contributed by atoms with van der Waals surface area (Å²) in [5.74, 6) is 0.186. The fraction of sp³-hybridized carbons (Fsp3) is 0.632. The second kappa shape index (κ2) is 7.62. The average Bonchev–Trinajstić information content (AvgIpc) is 2.93. The third kappa shape index (κ3) is 3.70. The molecular formula is C19H27N3OS2. The normalized spacial score (nSPS) is 15.6. The van der Waals surface area contributed by atoms with Crippen LogP contribution in [0, 0.1) is 0 Å². The summed E-state index contributed by atoms with van der Waals surface area (Å²) in [6, 6.07) is 0.407. The summed E-state index contributed by atoms with van der Waals surface area (Å²) in [5, 5.41) is 2.02. The highest BCUT2D eigenvalue weighted by molar-refractivity contribution is 8.00. The summed E-state index contributed by atoms with van der Waals surface area (Å²) in [4.78, 5) is 26.5. The predicted molar refractivity (Wildman–Crippen MR) is 106 cm³/mol. The number of fused-ring (bicyclic) bond motifs is 3. The lowest BCUT2D eigenvalue weighted by Gasteiger charge is -2.32. The van der Waals surface area contributed by atoms with E-state index in [9.17, 15) is 4.79 Å². The quantitative estimate of drug-likeness (QED) is 0.560. The molecule has 1 atom stereocenters. The van der Waals surface area contributed by atoms with Crippen LogP contribution in [0.2, 0.25) is 0 Å². The summed E-state index contributed by atoms with van der Waals surface area (Å²) in [6.07, 6.45) is 6.42. The minimum absolute atomic E-state index is 0.151. The molecule has 0 fully saturated rings. The number of nitrogens with zero attached hydrogens (tertiary/aromatic N) is 3. The van der Waals surface area contributed by atoms with Gasteiger partial charge in [-0.1, -0.05) is 11.8 Å². The van der Waals surface area contributed by atoms with Crippen molar-refractivity contribution >= 4 is 39.2 Å². The Kier molecular flexibility index (Phi) is 5.68. The third-order valence-electron chi connectivity index (χ3n) is 4.72. The van der Waals surface area contributed by atoms with Crippen molar-refractivity contribution in [2.24, 2.45) is 0 Å². The van der Waals surface area contributed by atoms with Gasteiger partial charge in [0, 0.05) is 22.3 Å². The fourth-order valence-corrected chi connectivity index (χ4v) is 5.98. The van der Waals surface area contributed by atoms with Gasteiger partial charge in [-0.05, 0) is 65.9 Å². The van der Waals surface area contributed by atoms with Crippen molar-refractivity contribution < 1.29 is 4.79 Å². The first-order valence-electron chi connectivity index (χ1n) is 9.14. The Balaban J connectivity index is 1.90. The number of thiophene rings is 1. The second-order valence-electron chi connectivity index (χ2n) is 7.26. The van der Waals surface area contributed by atoms with E-state index in [1.54, 1.807) is 29.4 Å². The van der Waals surface area contributed by atoms with Gasteiger partial charge in [0.25, 0.3) is 0 Å². The Bertz CT molecular complexity index is 761. The van der Waals surface area contributed by atoms with E-state index in [1.165, 1.54) is 28.7 Å². The average molecular weight is 378 g/mol. The molecule has 0 bridgehead atoms. The van der Waals surface area contributed by atoms with Crippen LogP contribution >= 0.6 is 23.1 Å². The zero-order chi connectivity index (χ0) is 18.1. The number of thioether (sulfide) groups is 1. The zero-order valence-electron chi connectivity index (χ0n) is 15.7. The first-order valence-corrected chi connectivity index (χ1v) is 10.8. The topological polar surface area (TPSA) is 46.1 Å². The van der Waals surface area contributed by atoms with Crippen molar-refractivity contribution in [3.8, 4) is 0 Å². The highest BCUT2D eigenvalue weighted by atomic mass is 32.2. The zero-order valence-corrected chi connectivity index (χ0v) is 17.3. The van der Waals surface area contributed by atoms with Crippen molar-refractivity contribution in [1.82, 2.24) is 14.9 Å². The summed E-state index contributed by atoms with van der Waals surface area (Å²) in [6.45, 7) is 10.3. The Hall–Kier alpha value is -1.14. The molecule has 2 aromatic rings. The third-order valence-corrected chi connectivity index (χ3v) is 7.01. The van der Waals surface area contributed by atoms with Crippen LogP contribution in [0.3, 0.4) is 0 Å². The molecule has 2 heterocycles. The number of aromatic nitrogens is 2. The highest BCUT2D eigenvalue weighted by Crippen LogP contribution is 2.40. The minimum Gasteiger partial charge on any atom is -0.337 e. The molecule has 25 heavy (non-hydrogen) atoms. The van der Waals surface area contributed by atoms with Gasteiger partial charge in [-0.15, -0.1) is 11.3 Å². The van der Waals surface area contributed by atoms with E-state index in [0.29, 0.717) is 0 Å². The smallest absolute Gasteiger partial charge is 0.236 e. The SMILES string of the molecule is CC(C)N(C(=O)[C@H](C)Sc1ncnc2sc3c(c12)CCCC3)C(C)C. The largest absolute Gasteiger partial charge is 0.337 e. The lowest BCUT2D eigenvalue weighted by molar-refractivity contribution is -0.133. The van der Waals surface area contributed by atoms with Gasteiger partial charge in [0.15, 0.2) is 0 Å². The van der Waals surface area contributed by atoms with Crippen LogP contribution in [0.25, 0.3) is 10.2 Å². The van der Waals surface area contributed by atoms with Gasteiger partial charge in [-0.3, -0.25) is 4.79 Å². The van der Waals surface area contributed by atoms with Crippen molar-refractivity contribution in [3.05, 3.63) is 16.8 Å². The first-order chi connectivity index (χ1) is 11.9. The maximum atomic E-state index is 13.0. The van der Waals surface area contributed by atoms with E-state index >= 15 is 0 Å². The molecular weight excluding hydrogens is 350 g/mol. The van der Waals surface area contributed by atoms with E-state index in [0.717, 1.165) is 22.7 Å². The van der Waals surface area contributed by atoms with Crippen molar-refractivity contribution in [3.63, 3.8) is 0 Å². The summed E-state index contributed by atoms with van der Waals surface area (Å²) >= 11 is 3.39. The fourth-order valence-electron chi connectivity index (χ4n) is 3.68. The Morgan fingerprint density at radius 3 is 2.48 bits per heavy atom. The van der Waals surface area contributed by atoms with E-state index in [-0.39, 0.29) is 23.2 Å². The predicted octanol–water partition coefficient (Wildman–Crippen LogP) is 4.70. The van der Waals surface area contributed by atoms with Gasteiger partial charge in [0.1, 0.15) is 16.2 Å². The standard InChI is InChI=1S/C19H27N3OS2/c1-11(2)22(12(3)4)19(23)13(5)24-17-16-14-8-6-7-9-15(14)25-18(16)21-10-20-17/h10-13H,6-9H2,1-5H3/t13-/m0/s1. The molecule has 1 aliphatic carbocycles. The van der Waals surface area contributed by atoms with Crippen LogP contribution < -0.4 is 0 Å². The van der Waals surface area contributed by atoms with Gasteiger partial charge < -0.3 is 4.90 Å². The first kappa shape index (κ1) is 18.6. The van der Waals surface area contributed by atoms with Gasteiger partial charge in [-0.2, -0.15) is 0 Å². The Morgan fingerprint density at radius 2 is 1.80 bits per heavy atom. The van der Waals surface area contributed by atoms with E-state index in [4.69, 9.17) is 0 Å². The molecule has 0 saturated carbocycles. The molecule has 4 nitrogen and oxygen atoms in total. The molecule has 0 radical (unpaired) electrons. The number of amides is 1. The van der Waals surface area contributed by atoms with Crippen LogP contribution in [0.4, 0.5) is 0 Å². The number of aryl methyl sites for hydroxylation is 2. The number of carbonyl (C=O) groups excluding carboxylic acids is 1.